The molecule has 1 amide bonds. The molecule has 0 fully saturated rings. The standard InChI is InChI=1S/C8H18N2O3/c1-4-10(7(2)11)13-6-8(12)5-9-3/h8-9,12H,4-6H2,1-3H3. The highest BCUT2D eigenvalue weighted by atomic mass is 16.7. The molecule has 0 aromatic carbocycles. The first-order valence-electron chi connectivity index (χ1n) is 4.35. The minimum Gasteiger partial charge on any atom is -0.389 e. The first kappa shape index (κ1) is 12.3. The smallest absolute Gasteiger partial charge is 0.242 e. The molecule has 0 aromatic rings. The fraction of sp³-hybridized carbons (Fsp3) is 0.875. The number of hydrogen-bond acceptors (Lipinski definition) is 4. The lowest BCUT2D eigenvalue weighted by Gasteiger charge is -2.20. The molecule has 0 spiro atoms. The minimum atomic E-state index is -0.585. The Morgan fingerprint density at radius 3 is 2.69 bits per heavy atom. The van der Waals surface area contributed by atoms with Gasteiger partial charge in [-0.05, 0) is 14.0 Å². The van der Waals surface area contributed by atoms with E-state index in [2.05, 4.69) is 5.32 Å². The SMILES string of the molecule is CCN(OCC(O)CNC)C(C)=O. The Kier molecular flexibility index (Phi) is 6.48. The van der Waals surface area contributed by atoms with Gasteiger partial charge in [-0.3, -0.25) is 9.63 Å². The molecule has 2 N–H and O–H groups in total. The van der Waals surface area contributed by atoms with Gasteiger partial charge in [-0.2, -0.15) is 0 Å². The lowest BCUT2D eigenvalue weighted by Crippen LogP contribution is -2.35. The minimum absolute atomic E-state index is 0.133. The van der Waals surface area contributed by atoms with Gasteiger partial charge >= 0.3 is 0 Å². The molecular formula is C8H18N2O3. The maximum Gasteiger partial charge on any atom is 0.242 e. The molecule has 0 saturated heterocycles. The summed E-state index contributed by atoms with van der Waals surface area (Å²) in [7, 11) is 1.74. The van der Waals surface area contributed by atoms with Crippen LogP contribution in [-0.2, 0) is 9.63 Å². The summed E-state index contributed by atoms with van der Waals surface area (Å²) in [5.74, 6) is -0.154. The summed E-state index contributed by atoms with van der Waals surface area (Å²) in [6.45, 7) is 4.31. The summed E-state index contributed by atoms with van der Waals surface area (Å²) < 4.78 is 0. The fourth-order valence-electron chi connectivity index (χ4n) is 0.875. The highest BCUT2D eigenvalue weighted by Gasteiger charge is 2.09. The Labute approximate surface area is 78.6 Å². The largest absolute Gasteiger partial charge is 0.389 e. The molecule has 78 valence electrons. The number of carbonyl (C=O) groups excluding carboxylic acids is 1. The zero-order valence-electron chi connectivity index (χ0n) is 8.41. The lowest BCUT2D eigenvalue weighted by molar-refractivity contribution is -0.191. The fourth-order valence-corrected chi connectivity index (χ4v) is 0.875. The number of hydroxylamine groups is 2. The Morgan fingerprint density at radius 2 is 2.31 bits per heavy atom. The molecule has 0 aromatic heterocycles. The van der Waals surface area contributed by atoms with E-state index < -0.39 is 6.10 Å². The Balaban J connectivity index is 3.65. The quantitative estimate of drug-likeness (QED) is 0.547. The van der Waals surface area contributed by atoms with E-state index in [9.17, 15) is 9.90 Å². The van der Waals surface area contributed by atoms with E-state index in [-0.39, 0.29) is 12.5 Å². The van der Waals surface area contributed by atoms with Gasteiger partial charge in [0.2, 0.25) is 5.91 Å². The van der Waals surface area contributed by atoms with Gasteiger partial charge in [-0.1, -0.05) is 0 Å². The summed E-state index contributed by atoms with van der Waals surface area (Å²) >= 11 is 0. The Hall–Kier alpha value is -0.650. The zero-order valence-corrected chi connectivity index (χ0v) is 8.41. The molecule has 0 heterocycles. The van der Waals surface area contributed by atoms with E-state index >= 15 is 0 Å². The van der Waals surface area contributed by atoms with E-state index in [0.29, 0.717) is 13.1 Å². The molecular weight excluding hydrogens is 172 g/mol. The summed E-state index contributed by atoms with van der Waals surface area (Å²) in [6.07, 6.45) is -0.585. The van der Waals surface area contributed by atoms with E-state index in [1.165, 1.54) is 12.0 Å². The van der Waals surface area contributed by atoms with Crippen LogP contribution >= 0.6 is 0 Å². The van der Waals surface area contributed by atoms with Crippen molar-refractivity contribution in [1.82, 2.24) is 10.4 Å². The third-order valence-corrected chi connectivity index (χ3v) is 1.50. The molecule has 0 aliphatic rings. The molecule has 0 saturated carbocycles. The van der Waals surface area contributed by atoms with Crippen molar-refractivity contribution in [3.8, 4) is 0 Å². The number of hydrogen-bond donors (Lipinski definition) is 2. The summed E-state index contributed by atoms with van der Waals surface area (Å²) in [5.41, 5.74) is 0. The van der Waals surface area contributed by atoms with Crippen molar-refractivity contribution in [3.63, 3.8) is 0 Å². The lowest BCUT2D eigenvalue weighted by atomic mass is 10.4. The molecule has 5 heteroatoms. The van der Waals surface area contributed by atoms with E-state index in [4.69, 9.17) is 4.84 Å². The number of amides is 1. The van der Waals surface area contributed by atoms with Crippen molar-refractivity contribution in [2.45, 2.75) is 20.0 Å². The predicted octanol–water partition coefficient (Wildman–Crippen LogP) is -0.633. The normalized spacial score (nSPS) is 12.6. The van der Waals surface area contributed by atoms with Crippen LogP contribution in [0.2, 0.25) is 0 Å². The predicted molar refractivity (Wildman–Crippen MR) is 48.9 cm³/mol. The number of rotatable bonds is 6. The highest BCUT2D eigenvalue weighted by molar-refractivity contribution is 5.71. The van der Waals surface area contributed by atoms with Gasteiger partial charge in [0.1, 0.15) is 6.61 Å². The van der Waals surface area contributed by atoms with E-state index in [1.807, 2.05) is 6.92 Å². The second-order valence-electron chi connectivity index (χ2n) is 2.72. The van der Waals surface area contributed by atoms with Crippen LogP contribution < -0.4 is 5.32 Å². The van der Waals surface area contributed by atoms with Crippen LogP contribution in [0.5, 0.6) is 0 Å². The third-order valence-electron chi connectivity index (χ3n) is 1.50. The van der Waals surface area contributed by atoms with E-state index in [1.54, 1.807) is 7.05 Å². The monoisotopic (exact) mass is 190 g/mol. The second kappa shape index (κ2) is 6.82. The third kappa shape index (κ3) is 5.57. The number of aliphatic hydroxyl groups is 1. The van der Waals surface area contributed by atoms with Crippen LogP contribution in [-0.4, -0.2) is 48.9 Å². The second-order valence-corrected chi connectivity index (χ2v) is 2.72. The van der Waals surface area contributed by atoms with Crippen molar-refractivity contribution in [2.24, 2.45) is 0 Å². The van der Waals surface area contributed by atoms with Crippen molar-refractivity contribution in [3.05, 3.63) is 0 Å². The van der Waals surface area contributed by atoms with Gasteiger partial charge < -0.3 is 10.4 Å². The molecule has 0 aliphatic carbocycles. The van der Waals surface area contributed by atoms with Crippen LogP contribution in [0.15, 0.2) is 0 Å². The first-order chi connectivity index (χ1) is 6.11. The summed E-state index contributed by atoms with van der Waals surface area (Å²) in [5, 5.41) is 13.3. The number of likely N-dealkylation sites (N-methyl/N-ethyl adjacent to an activating group) is 1. The Morgan fingerprint density at radius 1 is 1.69 bits per heavy atom. The van der Waals surface area contributed by atoms with Gasteiger partial charge in [-0.25, -0.2) is 5.06 Å². The number of carbonyl (C=O) groups is 1. The summed E-state index contributed by atoms with van der Waals surface area (Å²) in [6, 6.07) is 0. The molecule has 0 bridgehead atoms. The molecule has 0 aliphatic heterocycles. The number of aliphatic hydroxyl groups excluding tert-OH is 1. The van der Waals surface area contributed by atoms with Gasteiger partial charge in [0.25, 0.3) is 0 Å². The average Bonchev–Trinajstić information content (AvgIpc) is 2.05. The van der Waals surface area contributed by atoms with Crippen molar-refractivity contribution in [2.75, 3.05) is 26.7 Å². The first-order valence-corrected chi connectivity index (χ1v) is 4.35. The maximum atomic E-state index is 10.8. The average molecular weight is 190 g/mol. The van der Waals surface area contributed by atoms with Crippen molar-refractivity contribution >= 4 is 5.91 Å². The van der Waals surface area contributed by atoms with Gasteiger partial charge in [0.05, 0.1) is 6.10 Å². The number of nitrogens with zero attached hydrogens (tertiary/aromatic N) is 1. The topological polar surface area (TPSA) is 61.8 Å². The highest BCUT2D eigenvalue weighted by Crippen LogP contribution is 1.93. The van der Waals surface area contributed by atoms with Crippen molar-refractivity contribution < 1.29 is 14.7 Å². The van der Waals surface area contributed by atoms with Gasteiger partial charge in [0.15, 0.2) is 0 Å². The van der Waals surface area contributed by atoms with Crippen LogP contribution in [0.4, 0.5) is 0 Å². The molecule has 0 radical (unpaired) electrons. The van der Waals surface area contributed by atoms with Crippen LogP contribution in [0.25, 0.3) is 0 Å². The van der Waals surface area contributed by atoms with Crippen LogP contribution in [0.1, 0.15) is 13.8 Å². The van der Waals surface area contributed by atoms with Crippen LogP contribution in [0.3, 0.4) is 0 Å². The van der Waals surface area contributed by atoms with Crippen LogP contribution in [0, 0.1) is 0 Å². The molecule has 1 atom stereocenters. The molecule has 1 unspecified atom stereocenters. The molecule has 0 rings (SSSR count). The van der Waals surface area contributed by atoms with Gasteiger partial charge in [-0.15, -0.1) is 0 Å². The zero-order chi connectivity index (χ0) is 10.3. The van der Waals surface area contributed by atoms with Gasteiger partial charge in [0, 0.05) is 20.0 Å². The number of nitrogens with one attached hydrogen (secondary N) is 1. The molecule has 5 nitrogen and oxygen atoms in total. The Bertz CT molecular complexity index is 152. The van der Waals surface area contributed by atoms with E-state index in [0.717, 1.165) is 0 Å². The maximum absolute atomic E-state index is 10.8. The summed E-state index contributed by atoms with van der Waals surface area (Å²) in [4.78, 5) is 15.9. The van der Waals surface area contributed by atoms with Crippen molar-refractivity contribution in [1.29, 1.82) is 0 Å². The molecule has 13 heavy (non-hydrogen) atoms.